The van der Waals surface area contributed by atoms with E-state index < -0.39 is 4.92 Å². The van der Waals surface area contributed by atoms with Crippen LogP contribution in [0.4, 0.5) is 5.69 Å². The number of carbonyl (C=O) groups excluding carboxylic acids is 1. The van der Waals surface area contributed by atoms with Gasteiger partial charge in [0, 0.05) is 42.4 Å². The zero-order chi connectivity index (χ0) is 17.6. The number of hydrogen-bond acceptors (Lipinski definition) is 5. The Morgan fingerprint density at radius 2 is 1.88 bits per heavy atom. The molecule has 0 saturated carbocycles. The summed E-state index contributed by atoms with van der Waals surface area (Å²) in [6.07, 6.45) is 8.67. The predicted molar refractivity (Wildman–Crippen MR) is 92.1 cm³/mol. The molecule has 3 rings (SSSR count). The van der Waals surface area contributed by atoms with Crippen LogP contribution in [0.1, 0.15) is 43.2 Å². The van der Waals surface area contributed by atoms with E-state index in [1.54, 1.807) is 6.08 Å². The second-order valence-corrected chi connectivity index (χ2v) is 6.32. The summed E-state index contributed by atoms with van der Waals surface area (Å²) in [5.41, 5.74) is 1.12. The first-order valence-electron chi connectivity index (χ1n) is 8.64. The molecule has 2 heterocycles. The summed E-state index contributed by atoms with van der Waals surface area (Å²) in [5.74, 6) is 0.489. The van der Waals surface area contributed by atoms with Gasteiger partial charge in [-0.2, -0.15) is 0 Å². The van der Waals surface area contributed by atoms with Crippen LogP contribution < -0.4 is 4.74 Å². The fourth-order valence-corrected chi connectivity index (χ4v) is 3.19. The van der Waals surface area contributed by atoms with E-state index in [9.17, 15) is 14.9 Å². The van der Waals surface area contributed by atoms with Crippen LogP contribution in [0.5, 0.6) is 5.75 Å². The second-order valence-electron chi connectivity index (χ2n) is 6.32. The average molecular weight is 346 g/mol. The van der Waals surface area contributed by atoms with E-state index >= 15 is 0 Å². The lowest BCUT2D eigenvalue weighted by atomic mass is 10.1. The number of hydrogen-bond donors (Lipinski definition) is 0. The third-order valence-electron chi connectivity index (χ3n) is 4.51. The van der Waals surface area contributed by atoms with Crippen LogP contribution in [0.25, 0.3) is 6.08 Å². The summed E-state index contributed by atoms with van der Waals surface area (Å²) in [7, 11) is 0. The Morgan fingerprint density at radius 1 is 1.16 bits per heavy atom. The molecule has 134 valence electrons. The van der Waals surface area contributed by atoms with Crippen molar-refractivity contribution in [3.05, 3.63) is 39.4 Å². The third-order valence-corrected chi connectivity index (χ3v) is 4.51. The smallest absolute Gasteiger partial charge is 0.270 e. The Bertz CT molecular complexity index is 678. The normalized spacial score (nSPS) is 18.2. The molecule has 1 fully saturated rings. The maximum atomic E-state index is 12.5. The van der Waals surface area contributed by atoms with Gasteiger partial charge in [0.05, 0.1) is 11.5 Å². The number of ether oxygens (including phenoxy) is 2. The molecule has 0 bridgehead atoms. The van der Waals surface area contributed by atoms with Gasteiger partial charge in [-0.25, -0.2) is 0 Å². The number of benzene rings is 1. The Labute approximate surface area is 146 Å². The number of likely N-dealkylation sites (tertiary alicyclic amines) is 1. The number of nitro benzene ring substituents is 1. The minimum Gasteiger partial charge on any atom is -0.467 e. The van der Waals surface area contributed by atoms with Crippen molar-refractivity contribution in [2.75, 3.05) is 19.9 Å². The molecule has 0 aliphatic carbocycles. The van der Waals surface area contributed by atoms with E-state index in [1.807, 2.05) is 4.90 Å². The molecule has 25 heavy (non-hydrogen) atoms. The number of nitro groups is 1. The summed E-state index contributed by atoms with van der Waals surface area (Å²) in [6, 6.07) is 2.88. The summed E-state index contributed by atoms with van der Waals surface area (Å²) in [6.45, 7) is 1.89. The van der Waals surface area contributed by atoms with Gasteiger partial charge in [0.1, 0.15) is 5.75 Å². The molecular weight excluding hydrogens is 324 g/mol. The van der Waals surface area contributed by atoms with E-state index in [0.717, 1.165) is 38.8 Å². The maximum absolute atomic E-state index is 12.5. The fraction of sp³-hybridized carbons (Fsp3) is 0.500. The highest BCUT2D eigenvalue weighted by Crippen LogP contribution is 2.33. The van der Waals surface area contributed by atoms with Crippen LogP contribution in [-0.2, 0) is 16.1 Å². The summed E-state index contributed by atoms with van der Waals surface area (Å²) in [5, 5.41) is 11.1. The lowest BCUT2D eigenvalue weighted by Gasteiger charge is -2.23. The van der Waals surface area contributed by atoms with Crippen molar-refractivity contribution in [1.29, 1.82) is 0 Å². The van der Waals surface area contributed by atoms with Crippen molar-refractivity contribution in [3.8, 4) is 5.75 Å². The van der Waals surface area contributed by atoms with Crippen molar-refractivity contribution in [2.24, 2.45) is 0 Å². The Hall–Kier alpha value is -2.41. The molecule has 2 aliphatic rings. The fourth-order valence-electron chi connectivity index (χ4n) is 3.19. The SMILES string of the molecule is O=C(/C=C/c1cc([N+](=O)[O-])cc2c1OCOC2)N1CCCCCCC1. The van der Waals surface area contributed by atoms with Crippen LogP contribution in [0.15, 0.2) is 18.2 Å². The molecule has 1 aromatic rings. The molecule has 1 saturated heterocycles. The molecule has 0 spiro atoms. The van der Waals surface area contributed by atoms with Crippen LogP contribution in [0.3, 0.4) is 0 Å². The summed E-state index contributed by atoms with van der Waals surface area (Å²) < 4.78 is 10.7. The number of nitrogens with zero attached hydrogens (tertiary/aromatic N) is 2. The van der Waals surface area contributed by atoms with Gasteiger partial charge in [0.2, 0.25) is 5.91 Å². The van der Waals surface area contributed by atoms with E-state index in [1.165, 1.54) is 24.6 Å². The van der Waals surface area contributed by atoms with Gasteiger partial charge in [-0.3, -0.25) is 14.9 Å². The van der Waals surface area contributed by atoms with Crippen LogP contribution in [-0.4, -0.2) is 35.6 Å². The van der Waals surface area contributed by atoms with Gasteiger partial charge in [0.25, 0.3) is 5.69 Å². The minimum atomic E-state index is -0.452. The van der Waals surface area contributed by atoms with Crippen molar-refractivity contribution < 1.29 is 19.2 Å². The van der Waals surface area contributed by atoms with Crippen molar-refractivity contribution in [3.63, 3.8) is 0 Å². The molecule has 1 amide bonds. The van der Waals surface area contributed by atoms with E-state index in [0.29, 0.717) is 16.9 Å². The van der Waals surface area contributed by atoms with Gasteiger partial charge in [-0.05, 0) is 18.9 Å². The molecule has 0 unspecified atom stereocenters. The molecule has 2 aliphatic heterocycles. The standard InChI is InChI=1S/C18H22N2O5/c21-17(19-8-4-2-1-3-5-9-19)7-6-14-10-16(20(22)23)11-15-12-24-13-25-18(14)15/h6-7,10-11H,1-5,8-9,12-13H2/b7-6+. The van der Waals surface area contributed by atoms with Crippen LogP contribution in [0.2, 0.25) is 0 Å². The van der Waals surface area contributed by atoms with Gasteiger partial charge in [0.15, 0.2) is 6.79 Å². The number of non-ortho nitro benzene ring substituents is 1. The van der Waals surface area contributed by atoms with Gasteiger partial charge in [-0.15, -0.1) is 0 Å². The van der Waals surface area contributed by atoms with Crippen molar-refractivity contribution in [1.82, 2.24) is 4.90 Å². The maximum Gasteiger partial charge on any atom is 0.270 e. The molecule has 0 aromatic heterocycles. The predicted octanol–water partition coefficient (Wildman–Crippen LogP) is 3.27. The third kappa shape index (κ3) is 4.36. The molecule has 0 radical (unpaired) electrons. The molecular formula is C18H22N2O5. The molecule has 0 N–H and O–H groups in total. The number of rotatable bonds is 3. The summed E-state index contributed by atoms with van der Waals surface area (Å²) >= 11 is 0. The van der Waals surface area contributed by atoms with E-state index in [2.05, 4.69) is 0 Å². The van der Waals surface area contributed by atoms with Gasteiger partial charge < -0.3 is 14.4 Å². The lowest BCUT2D eigenvalue weighted by Crippen LogP contribution is -2.32. The Kier molecular flexibility index (Phi) is 5.65. The Morgan fingerprint density at radius 3 is 2.60 bits per heavy atom. The quantitative estimate of drug-likeness (QED) is 0.477. The average Bonchev–Trinajstić information content (AvgIpc) is 2.58. The monoisotopic (exact) mass is 346 g/mol. The highest BCUT2D eigenvalue weighted by molar-refractivity contribution is 5.92. The van der Waals surface area contributed by atoms with Crippen LogP contribution >= 0.6 is 0 Å². The zero-order valence-corrected chi connectivity index (χ0v) is 14.1. The van der Waals surface area contributed by atoms with Gasteiger partial charge >= 0.3 is 0 Å². The number of amides is 1. The van der Waals surface area contributed by atoms with Crippen molar-refractivity contribution in [2.45, 2.75) is 38.7 Å². The zero-order valence-electron chi connectivity index (χ0n) is 14.1. The second kappa shape index (κ2) is 8.11. The first kappa shape index (κ1) is 17.4. The topological polar surface area (TPSA) is 81.9 Å². The highest BCUT2D eigenvalue weighted by Gasteiger charge is 2.20. The molecule has 1 aromatic carbocycles. The number of carbonyl (C=O) groups is 1. The first-order valence-corrected chi connectivity index (χ1v) is 8.64. The van der Waals surface area contributed by atoms with Crippen LogP contribution in [0, 0.1) is 10.1 Å². The van der Waals surface area contributed by atoms with E-state index in [4.69, 9.17) is 9.47 Å². The molecule has 7 heteroatoms. The molecule has 0 atom stereocenters. The largest absolute Gasteiger partial charge is 0.467 e. The minimum absolute atomic E-state index is 0.0359. The van der Waals surface area contributed by atoms with Crippen molar-refractivity contribution >= 4 is 17.7 Å². The van der Waals surface area contributed by atoms with Gasteiger partial charge in [-0.1, -0.05) is 19.3 Å². The Balaban J connectivity index is 1.80. The lowest BCUT2D eigenvalue weighted by molar-refractivity contribution is -0.385. The first-order chi connectivity index (χ1) is 12.1. The molecule has 7 nitrogen and oxygen atoms in total. The number of fused-ring (bicyclic) bond motifs is 1. The highest BCUT2D eigenvalue weighted by atomic mass is 16.7. The van der Waals surface area contributed by atoms with E-state index in [-0.39, 0.29) is 25.0 Å². The summed E-state index contributed by atoms with van der Waals surface area (Å²) in [4.78, 5) is 25.0.